The van der Waals surface area contributed by atoms with Crippen molar-refractivity contribution in [2.45, 2.75) is 25.7 Å². The molecule has 0 bridgehead atoms. The lowest BCUT2D eigenvalue weighted by Gasteiger charge is -2.24. The summed E-state index contributed by atoms with van der Waals surface area (Å²) in [5.74, 6) is -2.65. The predicted molar refractivity (Wildman–Crippen MR) is 117 cm³/mol. The fraction of sp³-hybridized carbons (Fsp3) is 0.348. The molecule has 4 rings (SSSR count). The lowest BCUT2D eigenvalue weighted by atomic mass is 9.82. The van der Waals surface area contributed by atoms with Crippen molar-refractivity contribution >= 4 is 34.2 Å². The zero-order valence-electron chi connectivity index (χ0n) is 17.3. The van der Waals surface area contributed by atoms with Crippen LogP contribution in [0.2, 0.25) is 0 Å². The van der Waals surface area contributed by atoms with Crippen LogP contribution < -0.4 is 10.1 Å². The summed E-state index contributed by atoms with van der Waals surface area (Å²) in [4.78, 5) is 38.3. The minimum absolute atomic E-state index is 0.313. The number of aryl methyl sites for hydroxylation is 2. The second kappa shape index (κ2) is 8.55. The molecule has 0 aliphatic heterocycles. The summed E-state index contributed by atoms with van der Waals surface area (Å²) in [6.07, 6.45) is 5.80. The number of carboxylic acid groups (broad SMARTS) is 1. The van der Waals surface area contributed by atoms with E-state index in [0.29, 0.717) is 23.4 Å². The molecule has 1 aromatic heterocycles. The quantitative estimate of drug-likeness (QED) is 0.539. The average Bonchev–Trinajstić information content (AvgIpc) is 3.16. The van der Waals surface area contributed by atoms with E-state index in [0.717, 1.165) is 40.2 Å². The molecule has 2 aromatic rings. The van der Waals surface area contributed by atoms with E-state index < -0.39 is 29.7 Å². The van der Waals surface area contributed by atoms with Gasteiger partial charge in [-0.3, -0.25) is 9.59 Å². The summed E-state index contributed by atoms with van der Waals surface area (Å²) < 4.78 is 10.4. The Morgan fingerprint density at radius 2 is 1.84 bits per heavy atom. The molecule has 1 amide bonds. The van der Waals surface area contributed by atoms with E-state index in [-0.39, 0.29) is 0 Å². The Bertz CT molecular complexity index is 1090. The Morgan fingerprint density at radius 1 is 1.10 bits per heavy atom. The molecular formula is C23H23NO6S. The third-order valence-corrected chi connectivity index (χ3v) is 7.06. The van der Waals surface area contributed by atoms with Crippen LogP contribution in [0, 0.1) is 11.8 Å². The highest BCUT2D eigenvalue weighted by Gasteiger charge is 2.36. The molecule has 2 N–H and O–H groups in total. The standard InChI is InChI=1S/C23H23NO6S/c1-29-13-8-9-14-12(11-13)7-10-17-18(14)19(23(28)30-2)21(31-17)24-20(25)15-5-3-4-6-16(15)22(26)27/h3-4,8-9,11,15-16H,5-7,10H2,1-2H3,(H,24,25)(H,26,27)/t15-,16+/m0/s1. The Balaban J connectivity index is 1.73. The first-order valence-corrected chi connectivity index (χ1v) is 10.9. The lowest BCUT2D eigenvalue weighted by Crippen LogP contribution is -2.34. The van der Waals surface area contributed by atoms with E-state index in [4.69, 9.17) is 9.47 Å². The van der Waals surface area contributed by atoms with Crippen LogP contribution in [-0.2, 0) is 27.2 Å². The van der Waals surface area contributed by atoms with Crippen LogP contribution in [-0.4, -0.2) is 37.2 Å². The van der Waals surface area contributed by atoms with Crippen molar-refractivity contribution in [3.05, 3.63) is 46.4 Å². The maximum Gasteiger partial charge on any atom is 0.341 e. The van der Waals surface area contributed by atoms with E-state index >= 15 is 0 Å². The van der Waals surface area contributed by atoms with Gasteiger partial charge in [0.05, 0.1) is 26.1 Å². The highest BCUT2D eigenvalue weighted by Crippen LogP contribution is 2.46. The van der Waals surface area contributed by atoms with Gasteiger partial charge in [-0.2, -0.15) is 0 Å². The summed E-state index contributed by atoms with van der Waals surface area (Å²) in [5.41, 5.74) is 3.08. The third kappa shape index (κ3) is 3.83. The number of anilines is 1. The van der Waals surface area contributed by atoms with Gasteiger partial charge in [0.25, 0.3) is 0 Å². The van der Waals surface area contributed by atoms with Gasteiger partial charge in [0, 0.05) is 10.4 Å². The van der Waals surface area contributed by atoms with Crippen LogP contribution in [0.3, 0.4) is 0 Å². The van der Waals surface area contributed by atoms with Gasteiger partial charge in [0.2, 0.25) is 5.91 Å². The molecule has 1 heterocycles. The smallest absolute Gasteiger partial charge is 0.341 e. The van der Waals surface area contributed by atoms with Crippen LogP contribution >= 0.6 is 11.3 Å². The van der Waals surface area contributed by atoms with Gasteiger partial charge in [-0.25, -0.2) is 4.79 Å². The number of carbonyl (C=O) groups is 3. The summed E-state index contributed by atoms with van der Waals surface area (Å²) in [6.45, 7) is 0. The molecule has 1 aromatic carbocycles. The molecule has 0 unspecified atom stereocenters. The predicted octanol–water partition coefficient (Wildman–Crippen LogP) is 3.91. The first-order chi connectivity index (χ1) is 14.9. The van der Waals surface area contributed by atoms with Gasteiger partial charge >= 0.3 is 11.9 Å². The SMILES string of the molecule is COC(=O)c1c(NC(=O)[C@H]2CC=CC[C@H]2C(=O)O)sc2c1-c1ccc(OC)cc1CC2. The summed E-state index contributed by atoms with van der Waals surface area (Å²) in [7, 11) is 2.92. The largest absolute Gasteiger partial charge is 0.497 e. The van der Waals surface area contributed by atoms with Gasteiger partial charge in [0.1, 0.15) is 16.3 Å². The van der Waals surface area contributed by atoms with Gasteiger partial charge in [-0.1, -0.05) is 18.2 Å². The number of allylic oxidation sites excluding steroid dienone is 2. The molecule has 0 saturated heterocycles. The van der Waals surface area contributed by atoms with E-state index in [1.54, 1.807) is 13.2 Å². The number of benzene rings is 1. The van der Waals surface area contributed by atoms with Crippen molar-refractivity contribution in [2.75, 3.05) is 19.5 Å². The van der Waals surface area contributed by atoms with Gasteiger partial charge < -0.3 is 19.9 Å². The lowest BCUT2D eigenvalue weighted by molar-refractivity contribution is -0.146. The molecule has 0 fully saturated rings. The number of ether oxygens (including phenoxy) is 2. The maximum atomic E-state index is 13.0. The molecule has 2 aliphatic carbocycles. The van der Waals surface area contributed by atoms with Crippen molar-refractivity contribution < 1.29 is 29.0 Å². The number of methoxy groups -OCH3 is 2. The summed E-state index contributed by atoms with van der Waals surface area (Å²) >= 11 is 1.35. The van der Waals surface area contributed by atoms with Crippen molar-refractivity contribution in [1.82, 2.24) is 0 Å². The molecule has 8 heteroatoms. The van der Waals surface area contributed by atoms with Gasteiger partial charge in [-0.15, -0.1) is 11.3 Å². The number of carbonyl (C=O) groups excluding carboxylic acids is 2. The number of rotatable bonds is 5. The number of fused-ring (bicyclic) bond motifs is 3. The van der Waals surface area contributed by atoms with Crippen LogP contribution in [0.5, 0.6) is 5.75 Å². The number of hydrogen-bond donors (Lipinski definition) is 2. The number of nitrogens with one attached hydrogen (secondary N) is 1. The number of esters is 1. The number of carboxylic acids is 1. The maximum absolute atomic E-state index is 13.0. The highest BCUT2D eigenvalue weighted by molar-refractivity contribution is 7.17. The Kier molecular flexibility index (Phi) is 5.82. The molecule has 7 nitrogen and oxygen atoms in total. The fourth-order valence-electron chi connectivity index (χ4n) is 4.30. The summed E-state index contributed by atoms with van der Waals surface area (Å²) in [6, 6.07) is 5.72. The zero-order chi connectivity index (χ0) is 22.1. The number of aliphatic carboxylic acids is 1. The first kappa shape index (κ1) is 21.1. The Hall–Kier alpha value is -3.13. The van der Waals surface area contributed by atoms with E-state index in [1.165, 1.54) is 18.4 Å². The molecule has 0 spiro atoms. The van der Waals surface area contributed by atoms with Crippen LogP contribution in [0.25, 0.3) is 11.1 Å². The van der Waals surface area contributed by atoms with E-state index in [2.05, 4.69) is 5.32 Å². The number of hydrogen-bond acceptors (Lipinski definition) is 6. The van der Waals surface area contributed by atoms with Crippen LogP contribution in [0.4, 0.5) is 5.00 Å². The Labute approximate surface area is 183 Å². The molecule has 2 aliphatic rings. The molecule has 0 radical (unpaired) electrons. The van der Waals surface area contributed by atoms with Gasteiger partial charge in [-0.05, 0) is 48.9 Å². The molecule has 31 heavy (non-hydrogen) atoms. The Morgan fingerprint density at radius 3 is 2.52 bits per heavy atom. The van der Waals surface area contributed by atoms with E-state index in [1.807, 2.05) is 24.3 Å². The molecule has 0 saturated carbocycles. The zero-order valence-corrected chi connectivity index (χ0v) is 18.1. The van der Waals surface area contributed by atoms with Crippen LogP contribution in [0.15, 0.2) is 30.4 Å². The topological polar surface area (TPSA) is 102 Å². The third-order valence-electron chi connectivity index (χ3n) is 5.90. The molecule has 162 valence electrons. The van der Waals surface area contributed by atoms with Crippen molar-refractivity contribution in [1.29, 1.82) is 0 Å². The van der Waals surface area contributed by atoms with Crippen molar-refractivity contribution in [2.24, 2.45) is 11.8 Å². The van der Waals surface area contributed by atoms with E-state index in [9.17, 15) is 19.5 Å². The minimum Gasteiger partial charge on any atom is -0.497 e. The first-order valence-electron chi connectivity index (χ1n) is 10.0. The van der Waals surface area contributed by atoms with Crippen LogP contribution in [0.1, 0.15) is 33.6 Å². The van der Waals surface area contributed by atoms with Gasteiger partial charge in [0.15, 0.2) is 0 Å². The molecular weight excluding hydrogens is 418 g/mol. The van der Waals surface area contributed by atoms with Crippen molar-refractivity contribution in [3.63, 3.8) is 0 Å². The number of amides is 1. The second-order valence-corrected chi connectivity index (χ2v) is 8.71. The normalized spacial score (nSPS) is 19.2. The molecule has 2 atom stereocenters. The number of thiophene rings is 1. The average molecular weight is 442 g/mol. The fourth-order valence-corrected chi connectivity index (χ4v) is 5.51. The summed E-state index contributed by atoms with van der Waals surface area (Å²) in [5, 5.41) is 12.7. The highest BCUT2D eigenvalue weighted by atomic mass is 32.1. The van der Waals surface area contributed by atoms with Crippen molar-refractivity contribution in [3.8, 4) is 16.9 Å². The second-order valence-electron chi connectivity index (χ2n) is 7.60. The minimum atomic E-state index is -0.994. The monoisotopic (exact) mass is 441 g/mol.